The van der Waals surface area contributed by atoms with Gasteiger partial charge in [0.15, 0.2) is 0 Å². The first-order chi connectivity index (χ1) is 12.9. The topological polar surface area (TPSA) is 9.23 Å². The highest BCUT2D eigenvalue weighted by Crippen LogP contribution is 2.18. The number of rotatable bonds is 18. The fourth-order valence-electron chi connectivity index (χ4n) is 3.51. The standard InChI is InChI=1S/C25H43O/c1-3-5-7-9-10-11-12-13-18-22-25(21-17-8-6-4-2)26-23-24-19-15-14-16-20-24/h14-16,19-20,25H,1,3-13,17-18,21-23H2,2H3. The Bertz CT molecular complexity index is 386. The molecule has 0 saturated carbocycles. The van der Waals surface area contributed by atoms with Crippen LogP contribution in [-0.4, -0.2) is 6.10 Å². The molecule has 1 rings (SSSR count). The van der Waals surface area contributed by atoms with Crippen LogP contribution in [0.4, 0.5) is 0 Å². The van der Waals surface area contributed by atoms with Crippen LogP contribution in [0.2, 0.25) is 0 Å². The highest BCUT2D eigenvalue weighted by molar-refractivity contribution is 5.13. The summed E-state index contributed by atoms with van der Waals surface area (Å²) in [6, 6.07) is 10.6. The summed E-state index contributed by atoms with van der Waals surface area (Å²) < 4.78 is 6.27. The van der Waals surface area contributed by atoms with Crippen molar-refractivity contribution in [1.29, 1.82) is 0 Å². The van der Waals surface area contributed by atoms with Gasteiger partial charge in [-0.1, -0.05) is 128 Å². The molecule has 0 bridgehead atoms. The number of hydrogen-bond donors (Lipinski definition) is 0. The fraction of sp³-hybridized carbons (Fsp3) is 0.720. The first-order valence-corrected chi connectivity index (χ1v) is 11.3. The maximum Gasteiger partial charge on any atom is 0.0720 e. The third kappa shape index (κ3) is 13.4. The van der Waals surface area contributed by atoms with E-state index in [1.165, 1.54) is 95.5 Å². The molecule has 1 unspecified atom stereocenters. The second kappa shape index (κ2) is 17.6. The van der Waals surface area contributed by atoms with Gasteiger partial charge >= 0.3 is 0 Å². The second-order valence-corrected chi connectivity index (χ2v) is 7.74. The van der Waals surface area contributed by atoms with E-state index in [0.717, 1.165) is 13.0 Å². The van der Waals surface area contributed by atoms with E-state index < -0.39 is 0 Å². The van der Waals surface area contributed by atoms with Crippen LogP contribution in [-0.2, 0) is 11.3 Å². The molecule has 0 aliphatic rings. The molecular formula is C25H43O. The van der Waals surface area contributed by atoms with Crippen LogP contribution in [0.1, 0.15) is 109 Å². The molecule has 0 aliphatic heterocycles. The molecule has 0 aromatic heterocycles. The Balaban J connectivity index is 2.15. The van der Waals surface area contributed by atoms with Crippen molar-refractivity contribution in [1.82, 2.24) is 0 Å². The molecule has 0 saturated heterocycles. The van der Waals surface area contributed by atoms with Crippen molar-refractivity contribution in [3.8, 4) is 0 Å². The van der Waals surface area contributed by atoms with Gasteiger partial charge in [0.05, 0.1) is 12.7 Å². The minimum Gasteiger partial charge on any atom is -0.374 e. The minimum absolute atomic E-state index is 0.448. The summed E-state index contributed by atoms with van der Waals surface area (Å²) in [6.07, 6.45) is 20.3. The third-order valence-corrected chi connectivity index (χ3v) is 5.23. The maximum atomic E-state index is 6.27. The van der Waals surface area contributed by atoms with Crippen molar-refractivity contribution in [2.45, 2.75) is 116 Å². The molecule has 1 aromatic carbocycles. The lowest BCUT2D eigenvalue weighted by Gasteiger charge is -2.18. The van der Waals surface area contributed by atoms with Crippen LogP contribution >= 0.6 is 0 Å². The molecule has 0 fully saturated rings. The zero-order valence-electron chi connectivity index (χ0n) is 17.4. The molecule has 0 aliphatic carbocycles. The van der Waals surface area contributed by atoms with E-state index in [-0.39, 0.29) is 0 Å². The minimum atomic E-state index is 0.448. The van der Waals surface area contributed by atoms with E-state index in [9.17, 15) is 0 Å². The van der Waals surface area contributed by atoms with Crippen LogP contribution in [0.15, 0.2) is 30.3 Å². The summed E-state index contributed by atoms with van der Waals surface area (Å²) >= 11 is 0. The smallest absolute Gasteiger partial charge is 0.0720 e. The highest BCUT2D eigenvalue weighted by Gasteiger charge is 2.09. The van der Waals surface area contributed by atoms with Crippen molar-refractivity contribution in [2.24, 2.45) is 0 Å². The summed E-state index contributed by atoms with van der Waals surface area (Å²) in [5.41, 5.74) is 1.30. The van der Waals surface area contributed by atoms with Gasteiger partial charge in [0.1, 0.15) is 0 Å². The van der Waals surface area contributed by atoms with Gasteiger partial charge in [-0.05, 0) is 18.4 Å². The molecule has 149 valence electrons. The van der Waals surface area contributed by atoms with E-state index in [2.05, 4.69) is 44.2 Å². The summed E-state index contributed by atoms with van der Waals surface area (Å²) in [5.74, 6) is 0. The van der Waals surface area contributed by atoms with Crippen molar-refractivity contribution >= 4 is 0 Å². The summed E-state index contributed by atoms with van der Waals surface area (Å²) in [5, 5.41) is 0. The first-order valence-electron chi connectivity index (χ1n) is 11.3. The normalized spacial score (nSPS) is 12.4. The monoisotopic (exact) mass is 359 g/mol. The van der Waals surface area contributed by atoms with Gasteiger partial charge in [0.2, 0.25) is 0 Å². The molecule has 0 N–H and O–H groups in total. The van der Waals surface area contributed by atoms with Crippen molar-refractivity contribution in [3.63, 3.8) is 0 Å². The summed E-state index contributed by atoms with van der Waals surface area (Å²) in [6.45, 7) is 6.96. The first kappa shape index (κ1) is 23.2. The van der Waals surface area contributed by atoms with Crippen molar-refractivity contribution in [2.75, 3.05) is 0 Å². The molecule has 1 atom stereocenters. The number of ether oxygens (including phenoxy) is 1. The number of benzene rings is 1. The number of unbranched alkanes of at least 4 members (excludes halogenated alkanes) is 11. The Labute approximate surface area is 163 Å². The average molecular weight is 360 g/mol. The third-order valence-electron chi connectivity index (χ3n) is 5.23. The summed E-state index contributed by atoms with van der Waals surface area (Å²) in [7, 11) is 0. The summed E-state index contributed by atoms with van der Waals surface area (Å²) in [4.78, 5) is 0. The van der Waals surface area contributed by atoms with E-state index in [1.807, 2.05) is 0 Å². The zero-order chi connectivity index (χ0) is 18.7. The molecule has 1 heteroatoms. The molecule has 26 heavy (non-hydrogen) atoms. The van der Waals surface area contributed by atoms with Crippen LogP contribution in [0.5, 0.6) is 0 Å². The Morgan fingerprint density at radius 3 is 1.85 bits per heavy atom. The Morgan fingerprint density at radius 1 is 0.731 bits per heavy atom. The predicted octanol–water partition coefficient (Wildman–Crippen LogP) is 8.28. The van der Waals surface area contributed by atoms with Gasteiger partial charge in [-0.25, -0.2) is 0 Å². The molecule has 1 aromatic rings. The van der Waals surface area contributed by atoms with Gasteiger partial charge in [0, 0.05) is 0 Å². The molecule has 0 heterocycles. The molecule has 1 nitrogen and oxygen atoms in total. The lowest BCUT2D eigenvalue weighted by atomic mass is 10.0. The van der Waals surface area contributed by atoms with E-state index >= 15 is 0 Å². The van der Waals surface area contributed by atoms with Gasteiger partial charge in [-0.2, -0.15) is 0 Å². The quantitative estimate of drug-likeness (QED) is 0.240. The lowest BCUT2D eigenvalue weighted by Crippen LogP contribution is -2.13. The fourth-order valence-corrected chi connectivity index (χ4v) is 3.51. The van der Waals surface area contributed by atoms with Gasteiger partial charge in [0.25, 0.3) is 0 Å². The molecule has 0 spiro atoms. The maximum absolute atomic E-state index is 6.27. The SMILES string of the molecule is [CH2]CCCCCCCCCCC(CCCCCC)OCc1ccccc1. The zero-order valence-corrected chi connectivity index (χ0v) is 17.4. The molecule has 0 amide bonds. The van der Waals surface area contributed by atoms with E-state index in [4.69, 9.17) is 4.74 Å². The van der Waals surface area contributed by atoms with E-state index in [0.29, 0.717) is 6.10 Å². The Kier molecular flexibility index (Phi) is 15.7. The molecular weight excluding hydrogens is 316 g/mol. The van der Waals surface area contributed by atoms with Crippen molar-refractivity contribution < 1.29 is 4.74 Å². The largest absolute Gasteiger partial charge is 0.374 e. The highest BCUT2D eigenvalue weighted by atomic mass is 16.5. The average Bonchev–Trinajstić information content (AvgIpc) is 2.68. The lowest BCUT2D eigenvalue weighted by molar-refractivity contribution is 0.0261. The van der Waals surface area contributed by atoms with Crippen molar-refractivity contribution in [3.05, 3.63) is 42.8 Å². The second-order valence-electron chi connectivity index (χ2n) is 7.74. The van der Waals surface area contributed by atoms with Crippen LogP contribution < -0.4 is 0 Å². The van der Waals surface area contributed by atoms with Crippen LogP contribution in [0, 0.1) is 6.92 Å². The number of hydrogen-bond acceptors (Lipinski definition) is 1. The van der Waals surface area contributed by atoms with Gasteiger partial charge < -0.3 is 4.74 Å². The van der Waals surface area contributed by atoms with E-state index in [1.54, 1.807) is 0 Å². The van der Waals surface area contributed by atoms with Crippen LogP contribution in [0.25, 0.3) is 0 Å². The molecule has 1 radical (unpaired) electrons. The van der Waals surface area contributed by atoms with Gasteiger partial charge in [-0.15, -0.1) is 0 Å². The van der Waals surface area contributed by atoms with Gasteiger partial charge in [-0.3, -0.25) is 0 Å². The Morgan fingerprint density at radius 2 is 1.27 bits per heavy atom. The predicted molar refractivity (Wildman–Crippen MR) is 115 cm³/mol. The Hall–Kier alpha value is -0.820. The van der Waals surface area contributed by atoms with Crippen LogP contribution in [0.3, 0.4) is 0 Å².